The van der Waals surface area contributed by atoms with E-state index < -0.39 is 6.29 Å². The van der Waals surface area contributed by atoms with Crippen LogP contribution in [0.5, 0.6) is 0 Å². The maximum absolute atomic E-state index is 11.8. The van der Waals surface area contributed by atoms with Crippen molar-refractivity contribution in [2.45, 2.75) is 25.7 Å². The van der Waals surface area contributed by atoms with E-state index in [0.29, 0.717) is 5.57 Å². The van der Waals surface area contributed by atoms with Gasteiger partial charge in [-0.3, -0.25) is 4.79 Å². The van der Waals surface area contributed by atoms with Crippen molar-refractivity contribution in [3.63, 3.8) is 0 Å². The van der Waals surface area contributed by atoms with Crippen LogP contribution in [0.3, 0.4) is 0 Å². The van der Waals surface area contributed by atoms with Gasteiger partial charge in [0.15, 0.2) is 0 Å². The van der Waals surface area contributed by atoms with E-state index in [9.17, 15) is 9.59 Å². The van der Waals surface area contributed by atoms with Gasteiger partial charge in [0, 0.05) is 5.57 Å². The summed E-state index contributed by atoms with van der Waals surface area (Å²) in [5, 5.41) is 2.93. The lowest BCUT2D eigenvalue weighted by Crippen LogP contribution is -2.27. The zero-order valence-electron chi connectivity index (χ0n) is 10.1. The first-order valence-corrected chi connectivity index (χ1v) is 6.13. The Bertz CT molecular complexity index is 454. The van der Waals surface area contributed by atoms with Crippen molar-refractivity contribution >= 4 is 11.9 Å². The summed E-state index contributed by atoms with van der Waals surface area (Å²) in [6, 6.07) is 0.148. The number of nitrogens with one attached hydrogen (secondary N) is 1. The molecule has 0 saturated carbocycles. The van der Waals surface area contributed by atoms with Crippen molar-refractivity contribution in [2.75, 3.05) is 6.61 Å². The van der Waals surface area contributed by atoms with Gasteiger partial charge >= 0.3 is 5.97 Å². The number of amides is 1. The highest BCUT2D eigenvalue weighted by Gasteiger charge is 2.43. The number of hydrogen-bond donors (Lipinski definition) is 1. The zero-order chi connectivity index (χ0) is 12.7. The third-order valence-electron chi connectivity index (χ3n) is 3.75. The van der Waals surface area contributed by atoms with Crippen LogP contribution in [-0.4, -0.2) is 30.8 Å². The minimum atomic E-state index is -0.640. The Morgan fingerprint density at radius 2 is 2.33 bits per heavy atom. The molecule has 3 aliphatic rings. The average molecular weight is 249 g/mol. The first-order valence-electron chi connectivity index (χ1n) is 6.13. The van der Waals surface area contributed by atoms with E-state index >= 15 is 0 Å². The Morgan fingerprint density at radius 1 is 1.50 bits per heavy atom. The SMILES string of the molecule is CC1=CC(OCC2C(=O)NC3C=CCC32)OC1=O. The number of rotatable bonds is 3. The molecule has 18 heavy (non-hydrogen) atoms. The molecule has 1 saturated heterocycles. The van der Waals surface area contributed by atoms with Crippen LogP contribution in [0, 0.1) is 11.8 Å². The Kier molecular flexibility index (Phi) is 2.70. The summed E-state index contributed by atoms with van der Waals surface area (Å²) < 4.78 is 10.5. The second-order valence-corrected chi connectivity index (χ2v) is 4.93. The third-order valence-corrected chi connectivity index (χ3v) is 3.75. The Morgan fingerprint density at radius 3 is 3.06 bits per heavy atom. The summed E-state index contributed by atoms with van der Waals surface area (Å²) in [5.74, 6) is -0.201. The van der Waals surface area contributed by atoms with Gasteiger partial charge in [0.1, 0.15) is 0 Å². The zero-order valence-corrected chi connectivity index (χ0v) is 10.1. The summed E-state index contributed by atoms with van der Waals surface area (Å²) in [6.07, 6.45) is 6.01. The van der Waals surface area contributed by atoms with Gasteiger partial charge in [-0.05, 0) is 25.3 Å². The number of allylic oxidation sites excluding steroid dienone is 1. The van der Waals surface area contributed by atoms with Crippen molar-refractivity contribution in [2.24, 2.45) is 11.8 Å². The van der Waals surface area contributed by atoms with Crippen LogP contribution in [-0.2, 0) is 19.1 Å². The molecule has 0 spiro atoms. The fourth-order valence-electron chi connectivity index (χ4n) is 2.69. The number of carbonyl (C=O) groups excluding carboxylic acids is 2. The number of cyclic esters (lactones) is 1. The van der Waals surface area contributed by atoms with Crippen LogP contribution in [0.2, 0.25) is 0 Å². The molecule has 1 fully saturated rings. The molecule has 1 aliphatic carbocycles. The van der Waals surface area contributed by atoms with Crippen LogP contribution < -0.4 is 5.32 Å². The standard InChI is InChI=1S/C13H15NO4/c1-7-5-11(18-13(7)16)17-6-9-8-3-2-4-10(8)14-12(9)15/h2,4-5,8-11H,3,6H2,1H3,(H,14,15). The van der Waals surface area contributed by atoms with Crippen molar-refractivity contribution in [1.29, 1.82) is 0 Å². The van der Waals surface area contributed by atoms with Crippen LogP contribution in [0.4, 0.5) is 0 Å². The molecule has 0 aromatic rings. The minimum absolute atomic E-state index is 0.0272. The quantitative estimate of drug-likeness (QED) is 0.585. The van der Waals surface area contributed by atoms with Crippen molar-refractivity contribution in [3.8, 4) is 0 Å². The second-order valence-electron chi connectivity index (χ2n) is 4.93. The fraction of sp³-hybridized carbons (Fsp3) is 0.538. The maximum atomic E-state index is 11.8. The highest BCUT2D eigenvalue weighted by Crippen LogP contribution is 2.33. The number of hydrogen-bond acceptors (Lipinski definition) is 4. The molecule has 1 N–H and O–H groups in total. The van der Waals surface area contributed by atoms with Gasteiger partial charge in [-0.1, -0.05) is 12.2 Å². The van der Waals surface area contributed by atoms with Gasteiger partial charge in [0.25, 0.3) is 0 Å². The smallest absolute Gasteiger partial charge is 0.336 e. The van der Waals surface area contributed by atoms with Gasteiger partial charge in [0.2, 0.25) is 12.2 Å². The van der Waals surface area contributed by atoms with E-state index in [1.165, 1.54) is 0 Å². The molecular weight excluding hydrogens is 234 g/mol. The molecule has 0 radical (unpaired) electrons. The molecular formula is C13H15NO4. The van der Waals surface area contributed by atoms with E-state index in [1.54, 1.807) is 13.0 Å². The van der Waals surface area contributed by atoms with Crippen LogP contribution in [0.25, 0.3) is 0 Å². The van der Waals surface area contributed by atoms with Crippen LogP contribution in [0.15, 0.2) is 23.8 Å². The molecule has 5 nitrogen and oxygen atoms in total. The Labute approximate surface area is 105 Å². The number of fused-ring (bicyclic) bond motifs is 1. The third kappa shape index (κ3) is 1.84. The molecule has 1 amide bonds. The summed E-state index contributed by atoms with van der Waals surface area (Å²) in [5.41, 5.74) is 0.552. The van der Waals surface area contributed by atoms with Crippen molar-refractivity contribution in [1.82, 2.24) is 5.32 Å². The highest BCUT2D eigenvalue weighted by atomic mass is 16.7. The van der Waals surface area contributed by atoms with E-state index in [2.05, 4.69) is 11.4 Å². The predicted octanol–water partition coefficient (Wildman–Crippen LogP) is 0.523. The molecule has 4 atom stereocenters. The first-order chi connectivity index (χ1) is 8.65. The fourth-order valence-corrected chi connectivity index (χ4v) is 2.69. The highest BCUT2D eigenvalue weighted by molar-refractivity contribution is 5.90. The van der Waals surface area contributed by atoms with E-state index in [4.69, 9.17) is 9.47 Å². The topological polar surface area (TPSA) is 64.6 Å². The minimum Gasteiger partial charge on any atom is -0.429 e. The van der Waals surface area contributed by atoms with E-state index in [-0.39, 0.29) is 36.4 Å². The number of esters is 1. The summed E-state index contributed by atoms with van der Waals surface area (Å²) in [4.78, 5) is 22.9. The molecule has 2 heterocycles. The van der Waals surface area contributed by atoms with E-state index in [1.807, 2.05) is 6.08 Å². The van der Waals surface area contributed by atoms with Gasteiger partial charge < -0.3 is 14.8 Å². The molecule has 0 bridgehead atoms. The number of carbonyl (C=O) groups is 2. The lowest BCUT2D eigenvalue weighted by molar-refractivity contribution is -0.161. The normalized spacial score (nSPS) is 37.5. The number of ether oxygens (including phenoxy) is 2. The lowest BCUT2D eigenvalue weighted by atomic mass is 9.92. The molecule has 0 aromatic heterocycles. The van der Waals surface area contributed by atoms with Gasteiger partial charge in [-0.2, -0.15) is 0 Å². The average Bonchev–Trinajstić information content (AvgIpc) is 2.94. The molecule has 0 aromatic carbocycles. The van der Waals surface area contributed by atoms with Gasteiger partial charge in [0.05, 0.1) is 18.6 Å². The summed E-state index contributed by atoms with van der Waals surface area (Å²) >= 11 is 0. The van der Waals surface area contributed by atoms with Crippen LogP contribution >= 0.6 is 0 Å². The van der Waals surface area contributed by atoms with Gasteiger partial charge in [-0.15, -0.1) is 0 Å². The summed E-state index contributed by atoms with van der Waals surface area (Å²) in [6.45, 7) is 1.97. The maximum Gasteiger partial charge on any atom is 0.336 e. The van der Waals surface area contributed by atoms with Gasteiger partial charge in [-0.25, -0.2) is 4.79 Å². The second kappa shape index (κ2) is 4.24. The molecule has 5 heteroatoms. The Balaban J connectivity index is 1.58. The molecule has 3 rings (SSSR count). The monoisotopic (exact) mass is 249 g/mol. The van der Waals surface area contributed by atoms with Crippen molar-refractivity contribution < 1.29 is 19.1 Å². The molecule has 2 aliphatic heterocycles. The largest absolute Gasteiger partial charge is 0.429 e. The van der Waals surface area contributed by atoms with E-state index in [0.717, 1.165) is 6.42 Å². The van der Waals surface area contributed by atoms with Crippen molar-refractivity contribution in [3.05, 3.63) is 23.8 Å². The predicted molar refractivity (Wildman–Crippen MR) is 62.3 cm³/mol. The Hall–Kier alpha value is -1.62. The molecule has 4 unspecified atom stereocenters. The summed E-state index contributed by atoms with van der Waals surface area (Å²) in [7, 11) is 0. The van der Waals surface area contributed by atoms with Crippen LogP contribution in [0.1, 0.15) is 13.3 Å². The molecule has 96 valence electrons. The first kappa shape index (κ1) is 11.5. The lowest BCUT2D eigenvalue weighted by Gasteiger charge is -2.17.